The molecule has 0 heterocycles. The van der Waals surface area contributed by atoms with Gasteiger partial charge in [0.05, 0.1) is 6.10 Å². The van der Waals surface area contributed by atoms with Gasteiger partial charge in [-0.05, 0) is 17.9 Å². The molecule has 1 rings (SSSR count). The summed E-state index contributed by atoms with van der Waals surface area (Å²) in [5.41, 5.74) is 1.21. The summed E-state index contributed by atoms with van der Waals surface area (Å²) in [5.74, 6) is 0.338. The summed E-state index contributed by atoms with van der Waals surface area (Å²) in [4.78, 5) is 0. The van der Waals surface area contributed by atoms with Crippen LogP contribution in [0, 0.1) is 5.92 Å². The third-order valence-electron chi connectivity index (χ3n) is 2.06. The first-order valence-corrected chi connectivity index (χ1v) is 4.42. The van der Waals surface area contributed by atoms with E-state index in [4.69, 9.17) is 0 Å². The molecule has 66 valence electrons. The van der Waals surface area contributed by atoms with Gasteiger partial charge >= 0.3 is 0 Å². The fraction of sp³-hybridized carbons (Fsp3) is 0.455. The predicted molar refractivity (Wildman–Crippen MR) is 51.0 cm³/mol. The third-order valence-corrected chi connectivity index (χ3v) is 2.06. The van der Waals surface area contributed by atoms with Crippen molar-refractivity contribution in [3.8, 4) is 0 Å². The maximum absolute atomic E-state index is 9.58. The van der Waals surface area contributed by atoms with Crippen molar-refractivity contribution in [1.82, 2.24) is 0 Å². The van der Waals surface area contributed by atoms with Gasteiger partial charge in [0, 0.05) is 0 Å². The smallest absolute Gasteiger partial charge is 0.0603 e. The van der Waals surface area contributed by atoms with Crippen LogP contribution in [0.3, 0.4) is 0 Å². The van der Waals surface area contributed by atoms with Gasteiger partial charge in [-0.2, -0.15) is 0 Å². The minimum absolute atomic E-state index is 0.215. The normalized spacial score (nSPS) is 13.3. The van der Waals surface area contributed by atoms with Crippen LogP contribution in [0.25, 0.3) is 0 Å². The van der Waals surface area contributed by atoms with E-state index in [9.17, 15) is 5.11 Å². The highest BCUT2D eigenvalue weighted by atomic mass is 16.3. The van der Waals surface area contributed by atoms with Gasteiger partial charge in [-0.15, -0.1) is 0 Å². The highest BCUT2D eigenvalue weighted by Gasteiger charge is 2.08. The number of rotatable bonds is 3. The molecule has 0 aliphatic heterocycles. The van der Waals surface area contributed by atoms with Crippen LogP contribution in [0.4, 0.5) is 0 Å². The molecule has 1 aromatic carbocycles. The van der Waals surface area contributed by atoms with E-state index in [1.807, 2.05) is 44.2 Å². The summed E-state index contributed by atoms with van der Waals surface area (Å²) in [6.45, 7) is 4.07. The molecule has 0 bridgehead atoms. The molecule has 1 atom stereocenters. The van der Waals surface area contributed by atoms with E-state index in [-0.39, 0.29) is 6.10 Å². The Morgan fingerprint density at radius 2 is 1.75 bits per heavy atom. The minimum Gasteiger partial charge on any atom is -0.393 e. The van der Waals surface area contributed by atoms with Gasteiger partial charge in [0.15, 0.2) is 0 Å². The van der Waals surface area contributed by atoms with E-state index >= 15 is 0 Å². The van der Waals surface area contributed by atoms with Gasteiger partial charge in [0.1, 0.15) is 0 Å². The first-order chi connectivity index (χ1) is 5.70. The van der Waals surface area contributed by atoms with Crippen LogP contribution < -0.4 is 0 Å². The second-order valence-corrected chi connectivity index (χ2v) is 3.50. The number of aliphatic hydroxyl groups is 1. The molecule has 0 saturated carbocycles. The second kappa shape index (κ2) is 4.27. The monoisotopic (exact) mass is 164 g/mol. The molecule has 0 aromatic heterocycles. The summed E-state index contributed by atoms with van der Waals surface area (Å²) in [6.07, 6.45) is 0.547. The molecule has 1 aromatic rings. The van der Waals surface area contributed by atoms with E-state index < -0.39 is 0 Å². The second-order valence-electron chi connectivity index (χ2n) is 3.50. The Labute approximate surface area is 74.1 Å². The summed E-state index contributed by atoms with van der Waals surface area (Å²) < 4.78 is 0. The molecular formula is C11H16O. The largest absolute Gasteiger partial charge is 0.393 e. The first kappa shape index (κ1) is 9.27. The van der Waals surface area contributed by atoms with Crippen LogP contribution in [0.2, 0.25) is 0 Å². The van der Waals surface area contributed by atoms with Gasteiger partial charge in [0.2, 0.25) is 0 Å². The van der Waals surface area contributed by atoms with E-state index in [0.29, 0.717) is 5.92 Å². The molecule has 12 heavy (non-hydrogen) atoms. The average molecular weight is 164 g/mol. The van der Waals surface area contributed by atoms with Crippen LogP contribution >= 0.6 is 0 Å². The highest BCUT2D eigenvalue weighted by molar-refractivity contribution is 5.15. The fourth-order valence-electron chi connectivity index (χ4n) is 1.09. The maximum Gasteiger partial charge on any atom is 0.0603 e. The van der Waals surface area contributed by atoms with Gasteiger partial charge in [0.25, 0.3) is 0 Å². The van der Waals surface area contributed by atoms with E-state index in [2.05, 4.69) is 0 Å². The van der Waals surface area contributed by atoms with Gasteiger partial charge in [-0.25, -0.2) is 0 Å². The van der Waals surface area contributed by atoms with Crippen molar-refractivity contribution in [2.75, 3.05) is 0 Å². The van der Waals surface area contributed by atoms with Crippen molar-refractivity contribution in [2.45, 2.75) is 26.4 Å². The number of hydrogen-bond donors (Lipinski definition) is 1. The molecular weight excluding hydrogens is 148 g/mol. The Kier molecular flexibility index (Phi) is 3.30. The van der Waals surface area contributed by atoms with Crippen LogP contribution in [-0.2, 0) is 6.42 Å². The lowest BCUT2D eigenvalue weighted by Crippen LogP contribution is -2.17. The van der Waals surface area contributed by atoms with Crippen LogP contribution in [0.5, 0.6) is 0 Å². The molecule has 0 spiro atoms. The zero-order chi connectivity index (χ0) is 8.97. The van der Waals surface area contributed by atoms with Crippen LogP contribution in [0.1, 0.15) is 19.4 Å². The van der Waals surface area contributed by atoms with E-state index in [0.717, 1.165) is 6.42 Å². The van der Waals surface area contributed by atoms with Gasteiger partial charge < -0.3 is 5.11 Å². The summed E-state index contributed by atoms with van der Waals surface area (Å²) in [7, 11) is 0. The predicted octanol–water partition coefficient (Wildman–Crippen LogP) is 2.25. The molecule has 1 nitrogen and oxygen atoms in total. The molecule has 1 unspecified atom stereocenters. The molecule has 0 amide bonds. The van der Waals surface area contributed by atoms with Crippen molar-refractivity contribution in [1.29, 1.82) is 0 Å². The standard InChI is InChI=1S/C11H16O/c1-9(2)11(12)8-10-6-4-3-5-7-10/h3-7,9,11-12H,8H2,1-2H3. The third kappa shape index (κ3) is 2.67. The molecule has 0 aliphatic rings. The number of benzene rings is 1. The average Bonchev–Trinajstić information content (AvgIpc) is 2.06. The molecule has 0 saturated heterocycles. The van der Waals surface area contributed by atoms with Gasteiger partial charge in [-0.1, -0.05) is 44.2 Å². The highest BCUT2D eigenvalue weighted by Crippen LogP contribution is 2.09. The zero-order valence-corrected chi connectivity index (χ0v) is 7.70. The molecule has 0 radical (unpaired) electrons. The molecule has 0 aliphatic carbocycles. The Hall–Kier alpha value is -0.820. The SMILES string of the molecule is CC(C)C(O)Cc1ccccc1. The molecule has 1 N–H and O–H groups in total. The lowest BCUT2D eigenvalue weighted by Gasteiger charge is -2.13. The quantitative estimate of drug-likeness (QED) is 0.726. The van der Waals surface area contributed by atoms with Gasteiger partial charge in [-0.3, -0.25) is 0 Å². The van der Waals surface area contributed by atoms with E-state index in [1.54, 1.807) is 0 Å². The van der Waals surface area contributed by atoms with Crippen LogP contribution in [-0.4, -0.2) is 11.2 Å². The maximum atomic E-state index is 9.58. The van der Waals surface area contributed by atoms with Crippen LogP contribution in [0.15, 0.2) is 30.3 Å². The Morgan fingerprint density at radius 3 is 2.25 bits per heavy atom. The Bertz CT molecular complexity index is 216. The number of hydrogen-bond acceptors (Lipinski definition) is 1. The molecule has 0 fully saturated rings. The summed E-state index contributed by atoms with van der Waals surface area (Å²) >= 11 is 0. The Morgan fingerprint density at radius 1 is 1.17 bits per heavy atom. The fourth-order valence-corrected chi connectivity index (χ4v) is 1.09. The van der Waals surface area contributed by atoms with Crippen molar-refractivity contribution in [3.05, 3.63) is 35.9 Å². The summed E-state index contributed by atoms with van der Waals surface area (Å²) in [5, 5.41) is 9.58. The lowest BCUT2D eigenvalue weighted by atomic mass is 10.00. The van der Waals surface area contributed by atoms with Crippen molar-refractivity contribution >= 4 is 0 Å². The topological polar surface area (TPSA) is 20.2 Å². The van der Waals surface area contributed by atoms with Crippen molar-refractivity contribution in [3.63, 3.8) is 0 Å². The minimum atomic E-state index is -0.215. The van der Waals surface area contributed by atoms with E-state index in [1.165, 1.54) is 5.56 Å². The Balaban J connectivity index is 2.53. The van der Waals surface area contributed by atoms with Crippen molar-refractivity contribution in [2.24, 2.45) is 5.92 Å². The zero-order valence-electron chi connectivity index (χ0n) is 7.70. The number of aliphatic hydroxyl groups excluding tert-OH is 1. The molecule has 1 heteroatoms. The summed E-state index contributed by atoms with van der Waals surface area (Å²) in [6, 6.07) is 10.1. The first-order valence-electron chi connectivity index (χ1n) is 4.42. The lowest BCUT2D eigenvalue weighted by molar-refractivity contribution is 0.126. The van der Waals surface area contributed by atoms with Crippen molar-refractivity contribution < 1.29 is 5.11 Å².